The monoisotopic (exact) mass is 432 g/mol. The standard InChI is InChI=1S/C24H27F3N2O2/c1-29(22-11-13-31-14-12-22)17-20-7-5-19(6-8-20)16-28-23(30)10-9-18-3-2-4-21(15-18)24(25,26)27/h2-10,15,22H,11-14,16-17H2,1H3,(H,28,30)/b10-9+. The summed E-state index contributed by atoms with van der Waals surface area (Å²) in [6.07, 6.45) is 0.313. The first kappa shape index (κ1) is 23.0. The smallest absolute Gasteiger partial charge is 0.381 e. The van der Waals surface area contributed by atoms with E-state index in [0.29, 0.717) is 18.2 Å². The summed E-state index contributed by atoms with van der Waals surface area (Å²) >= 11 is 0. The zero-order chi connectivity index (χ0) is 22.3. The van der Waals surface area contributed by atoms with E-state index in [0.717, 1.165) is 50.3 Å². The number of halogens is 3. The quantitative estimate of drug-likeness (QED) is 0.648. The van der Waals surface area contributed by atoms with Crippen molar-refractivity contribution >= 4 is 12.0 Å². The van der Waals surface area contributed by atoms with Gasteiger partial charge in [-0.15, -0.1) is 0 Å². The molecule has 0 radical (unpaired) electrons. The molecule has 0 aromatic heterocycles. The summed E-state index contributed by atoms with van der Waals surface area (Å²) in [5.41, 5.74) is 1.74. The Kier molecular flexibility index (Phi) is 7.87. The lowest BCUT2D eigenvalue weighted by Crippen LogP contribution is -2.36. The van der Waals surface area contributed by atoms with Gasteiger partial charge in [-0.05, 0) is 54.8 Å². The van der Waals surface area contributed by atoms with Crippen LogP contribution < -0.4 is 5.32 Å². The predicted molar refractivity (Wildman–Crippen MR) is 114 cm³/mol. The van der Waals surface area contributed by atoms with Crippen molar-refractivity contribution in [3.05, 3.63) is 76.9 Å². The SMILES string of the molecule is CN(Cc1ccc(CNC(=O)/C=C/c2cccc(C(F)(F)F)c2)cc1)C1CCOCC1. The summed E-state index contributed by atoms with van der Waals surface area (Å²) in [5.74, 6) is -0.360. The number of ether oxygens (including phenoxy) is 1. The van der Waals surface area contributed by atoms with Crippen molar-refractivity contribution in [3.63, 3.8) is 0 Å². The van der Waals surface area contributed by atoms with Crippen LogP contribution >= 0.6 is 0 Å². The van der Waals surface area contributed by atoms with Crippen molar-refractivity contribution < 1.29 is 22.7 Å². The van der Waals surface area contributed by atoms with E-state index in [9.17, 15) is 18.0 Å². The Morgan fingerprint density at radius 1 is 1.13 bits per heavy atom. The Balaban J connectivity index is 1.47. The summed E-state index contributed by atoms with van der Waals surface area (Å²) in [7, 11) is 2.13. The number of amides is 1. The average Bonchev–Trinajstić information content (AvgIpc) is 2.77. The van der Waals surface area contributed by atoms with Gasteiger partial charge in [0.05, 0.1) is 5.56 Å². The Morgan fingerprint density at radius 3 is 2.48 bits per heavy atom. The maximum Gasteiger partial charge on any atom is 0.416 e. The fourth-order valence-corrected chi connectivity index (χ4v) is 3.54. The van der Waals surface area contributed by atoms with Crippen LogP contribution in [0.1, 0.15) is 35.1 Å². The van der Waals surface area contributed by atoms with E-state index < -0.39 is 11.7 Å². The Bertz CT molecular complexity index is 888. The molecule has 0 bridgehead atoms. The van der Waals surface area contributed by atoms with E-state index in [4.69, 9.17) is 4.74 Å². The van der Waals surface area contributed by atoms with Crippen LogP contribution in [0, 0.1) is 0 Å². The minimum Gasteiger partial charge on any atom is -0.381 e. The molecular formula is C24H27F3N2O2. The lowest BCUT2D eigenvalue weighted by molar-refractivity contribution is -0.137. The van der Waals surface area contributed by atoms with E-state index >= 15 is 0 Å². The molecule has 0 atom stereocenters. The van der Waals surface area contributed by atoms with Crippen LogP contribution in [0.2, 0.25) is 0 Å². The fourth-order valence-electron chi connectivity index (χ4n) is 3.54. The van der Waals surface area contributed by atoms with Gasteiger partial charge in [0, 0.05) is 38.4 Å². The summed E-state index contributed by atoms with van der Waals surface area (Å²) in [6, 6.07) is 13.5. The molecule has 0 aliphatic carbocycles. The molecule has 1 N–H and O–H groups in total. The summed E-state index contributed by atoms with van der Waals surface area (Å²) < 4.78 is 43.7. The summed E-state index contributed by atoms with van der Waals surface area (Å²) in [6.45, 7) is 2.84. The Labute approximate surface area is 180 Å². The van der Waals surface area contributed by atoms with E-state index in [2.05, 4.69) is 29.4 Å². The van der Waals surface area contributed by atoms with Crippen molar-refractivity contribution in [2.75, 3.05) is 20.3 Å². The molecule has 0 unspecified atom stereocenters. The molecule has 7 heteroatoms. The van der Waals surface area contributed by atoms with Crippen molar-refractivity contribution in [1.29, 1.82) is 0 Å². The lowest BCUT2D eigenvalue weighted by atomic mass is 10.1. The molecule has 1 aliphatic heterocycles. The highest BCUT2D eigenvalue weighted by molar-refractivity contribution is 5.91. The number of hydrogen-bond donors (Lipinski definition) is 1. The molecule has 1 heterocycles. The van der Waals surface area contributed by atoms with Crippen LogP contribution in [0.25, 0.3) is 6.08 Å². The molecule has 1 aliphatic rings. The maximum atomic E-state index is 12.8. The second-order valence-corrected chi connectivity index (χ2v) is 7.75. The van der Waals surface area contributed by atoms with Gasteiger partial charge in [0.2, 0.25) is 5.91 Å². The molecule has 2 aromatic carbocycles. The van der Waals surface area contributed by atoms with E-state index in [1.165, 1.54) is 29.8 Å². The Hall–Kier alpha value is -2.64. The number of nitrogens with zero attached hydrogens (tertiary/aromatic N) is 1. The molecule has 1 amide bonds. The third kappa shape index (κ3) is 7.22. The Morgan fingerprint density at radius 2 is 1.81 bits per heavy atom. The molecule has 0 spiro atoms. The van der Waals surface area contributed by atoms with Gasteiger partial charge < -0.3 is 10.1 Å². The van der Waals surface area contributed by atoms with Gasteiger partial charge in [0.25, 0.3) is 0 Å². The first-order valence-electron chi connectivity index (χ1n) is 10.3. The number of alkyl halides is 3. The third-order valence-corrected chi connectivity index (χ3v) is 5.38. The molecule has 4 nitrogen and oxygen atoms in total. The van der Waals surface area contributed by atoms with Gasteiger partial charge >= 0.3 is 6.18 Å². The largest absolute Gasteiger partial charge is 0.416 e. The maximum absolute atomic E-state index is 12.8. The van der Waals surface area contributed by atoms with Crippen LogP contribution in [0.4, 0.5) is 13.2 Å². The van der Waals surface area contributed by atoms with Crippen molar-refractivity contribution in [3.8, 4) is 0 Å². The highest BCUT2D eigenvalue weighted by Crippen LogP contribution is 2.29. The first-order chi connectivity index (χ1) is 14.8. The molecule has 3 rings (SSSR count). The van der Waals surface area contributed by atoms with Crippen molar-refractivity contribution in [2.45, 2.75) is 38.1 Å². The molecule has 1 saturated heterocycles. The zero-order valence-corrected chi connectivity index (χ0v) is 17.5. The third-order valence-electron chi connectivity index (χ3n) is 5.38. The molecule has 31 heavy (non-hydrogen) atoms. The summed E-state index contributed by atoms with van der Waals surface area (Å²) in [5, 5.41) is 2.75. The zero-order valence-electron chi connectivity index (χ0n) is 17.5. The highest BCUT2D eigenvalue weighted by atomic mass is 19.4. The van der Waals surface area contributed by atoms with Gasteiger partial charge in [0.1, 0.15) is 0 Å². The van der Waals surface area contributed by atoms with Crippen LogP contribution in [-0.2, 0) is 28.8 Å². The number of carbonyl (C=O) groups is 1. The minimum absolute atomic E-state index is 0.322. The van der Waals surface area contributed by atoms with Crippen LogP contribution in [0.5, 0.6) is 0 Å². The van der Waals surface area contributed by atoms with Gasteiger partial charge in [-0.25, -0.2) is 0 Å². The van der Waals surface area contributed by atoms with Crippen molar-refractivity contribution in [1.82, 2.24) is 10.2 Å². The second-order valence-electron chi connectivity index (χ2n) is 7.75. The summed E-state index contributed by atoms with van der Waals surface area (Å²) in [4.78, 5) is 14.4. The lowest BCUT2D eigenvalue weighted by Gasteiger charge is -2.31. The van der Waals surface area contributed by atoms with Crippen LogP contribution in [-0.4, -0.2) is 37.1 Å². The normalized spacial score (nSPS) is 15.5. The second kappa shape index (κ2) is 10.6. The number of nitrogens with one attached hydrogen (secondary N) is 1. The first-order valence-corrected chi connectivity index (χ1v) is 10.3. The van der Waals surface area contributed by atoms with E-state index in [1.54, 1.807) is 0 Å². The van der Waals surface area contributed by atoms with Crippen molar-refractivity contribution in [2.24, 2.45) is 0 Å². The minimum atomic E-state index is -4.40. The molecule has 0 saturated carbocycles. The topological polar surface area (TPSA) is 41.6 Å². The van der Waals surface area contributed by atoms with Crippen LogP contribution in [0.15, 0.2) is 54.6 Å². The fraction of sp³-hybridized carbons (Fsp3) is 0.375. The van der Waals surface area contributed by atoms with Crippen LogP contribution in [0.3, 0.4) is 0 Å². The number of benzene rings is 2. The van der Waals surface area contributed by atoms with E-state index in [-0.39, 0.29) is 5.91 Å². The molecule has 2 aromatic rings. The predicted octanol–water partition coefficient (Wildman–Crippen LogP) is 4.65. The van der Waals surface area contributed by atoms with Gasteiger partial charge in [-0.3, -0.25) is 9.69 Å². The number of hydrogen-bond acceptors (Lipinski definition) is 3. The highest BCUT2D eigenvalue weighted by Gasteiger charge is 2.30. The molecule has 1 fully saturated rings. The van der Waals surface area contributed by atoms with Gasteiger partial charge in [0.15, 0.2) is 0 Å². The molecular weight excluding hydrogens is 405 g/mol. The molecule has 166 valence electrons. The van der Waals surface area contributed by atoms with Gasteiger partial charge in [-0.1, -0.05) is 36.4 Å². The average molecular weight is 432 g/mol. The van der Waals surface area contributed by atoms with E-state index in [1.807, 2.05) is 12.1 Å². The number of rotatable bonds is 7. The number of carbonyl (C=O) groups excluding carboxylic acids is 1. The van der Waals surface area contributed by atoms with Gasteiger partial charge in [-0.2, -0.15) is 13.2 Å².